The van der Waals surface area contributed by atoms with Crippen LogP contribution in [0.25, 0.3) is 4.85 Å². The molecule has 0 atom stereocenters. The van der Waals surface area contributed by atoms with E-state index >= 15 is 0 Å². The third-order valence-electron chi connectivity index (χ3n) is 3.31. The number of nitriles is 1. The van der Waals surface area contributed by atoms with Gasteiger partial charge in [-0.1, -0.05) is 66.7 Å². The van der Waals surface area contributed by atoms with E-state index in [4.69, 9.17) is 41.4 Å². The molecule has 0 fully saturated rings. The fourth-order valence-corrected chi connectivity index (χ4v) is 4.40. The van der Waals surface area contributed by atoms with Crippen molar-refractivity contribution in [2.45, 2.75) is 6.42 Å². The van der Waals surface area contributed by atoms with E-state index in [2.05, 4.69) is 36.7 Å². The SMILES string of the molecule is [C-]#[N+]c1c(Cl)c(Cl)c(Cc2c(Br)cc([N+](=O)[O-])cc2Br)c(C#N)c1Cl. The Hall–Kier alpha value is -1.35. The van der Waals surface area contributed by atoms with Crippen LogP contribution in [0.2, 0.25) is 15.1 Å². The third kappa shape index (κ3) is 3.76. The molecule has 0 saturated heterocycles. The van der Waals surface area contributed by atoms with Crippen molar-refractivity contribution in [1.82, 2.24) is 0 Å². The lowest BCUT2D eigenvalue weighted by atomic mass is 9.99. The molecule has 2 aromatic carbocycles. The van der Waals surface area contributed by atoms with Crippen LogP contribution in [0.3, 0.4) is 0 Å². The lowest BCUT2D eigenvalue weighted by molar-refractivity contribution is -0.385. The molecule has 126 valence electrons. The van der Waals surface area contributed by atoms with Crippen LogP contribution in [0, 0.1) is 28.0 Å². The molecule has 0 bridgehead atoms. The predicted octanol–water partition coefficient (Wildman–Crippen LogP) is 7.09. The van der Waals surface area contributed by atoms with Gasteiger partial charge in [0.25, 0.3) is 5.69 Å². The largest absolute Gasteiger partial charge is 0.271 e. The van der Waals surface area contributed by atoms with Crippen LogP contribution < -0.4 is 0 Å². The molecule has 0 radical (unpaired) electrons. The minimum absolute atomic E-state index is 0.0372. The zero-order chi connectivity index (χ0) is 18.9. The number of non-ortho nitro benzene ring substituents is 1. The van der Waals surface area contributed by atoms with Gasteiger partial charge in [0.1, 0.15) is 0 Å². The van der Waals surface area contributed by atoms with Gasteiger partial charge in [-0.25, -0.2) is 4.85 Å². The number of halogens is 5. The molecular weight excluding hydrogens is 520 g/mol. The van der Waals surface area contributed by atoms with Gasteiger partial charge in [-0.15, -0.1) is 0 Å². The summed E-state index contributed by atoms with van der Waals surface area (Å²) in [6.07, 6.45) is 0.124. The minimum atomic E-state index is -0.523. The van der Waals surface area contributed by atoms with Gasteiger partial charge in [0, 0.05) is 27.5 Å². The number of nitro benzene ring substituents is 1. The van der Waals surface area contributed by atoms with E-state index in [0.717, 1.165) is 0 Å². The van der Waals surface area contributed by atoms with E-state index in [-0.39, 0.29) is 38.4 Å². The maximum Gasteiger partial charge on any atom is 0.271 e. The van der Waals surface area contributed by atoms with E-state index in [1.807, 2.05) is 6.07 Å². The van der Waals surface area contributed by atoms with E-state index in [0.29, 0.717) is 20.1 Å². The molecule has 10 heteroatoms. The highest BCUT2D eigenvalue weighted by molar-refractivity contribution is 9.11. The van der Waals surface area contributed by atoms with Gasteiger partial charge in [0.2, 0.25) is 5.69 Å². The maximum atomic E-state index is 10.9. The van der Waals surface area contributed by atoms with Crippen molar-refractivity contribution in [3.63, 3.8) is 0 Å². The van der Waals surface area contributed by atoms with Gasteiger partial charge in [-0.3, -0.25) is 10.1 Å². The second-order valence-corrected chi connectivity index (χ2v) is 7.53. The Labute approximate surface area is 174 Å². The van der Waals surface area contributed by atoms with E-state index in [1.54, 1.807) is 0 Å². The molecule has 0 heterocycles. The second kappa shape index (κ2) is 7.90. The molecule has 0 saturated carbocycles. The number of benzene rings is 2. The smallest absolute Gasteiger partial charge is 0.258 e. The monoisotopic (exact) mass is 521 g/mol. The fraction of sp³-hybridized carbons (Fsp3) is 0.0667. The van der Waals surface area contributed by atoms with Crippen molar-refractivity contribution in [2.75, 3.05) is 0 Å². The van der Waals surface area contributed by atoms with Crippen molar-refractivity contribution in [1.29, 1.82) is 5.26 Å². The molecule has 0 aliphatic carbocycles. The number of rotatable bonds is 3. The van der Waals surface area contributed by atoms with Gasteiger partial charge in [-0.2, -0.15) is 5.26 Å². The molecule has 5 nitrogen and oxygen atoms in total. The summed E-state index contributed by atoms with van der Waals surface area (Å²) in [6.45, 7) is 7.13. The summed E-state index contributed by atoms with van der Waals surface area (Å²) in [5.74, 6) is 0. The number of hydrogen-bond donors (Lipinski definition) is 0. The molecule has 0 aliphatic rings. The van der Waals surface area contributed by atoms with Crippen molar-refractivity contribution in [2.24, 2.45) is 0 Å². The van der Waals surface area contributed by atoms with E-state index < -0.39 is 4.92 Å². The molecule has 0 aliphatic heterocycles. The summed E-state index contributed by atoms with van der Waals surface area (Å²) in [5.41, 5.74) is 0.803. The zero-order valence-electron chi connectivity index (χ0n) is 11.9. The van der Waals surface area contributed by atoms with E-state index in [9.17, 15) is 15.4 Å². The molecule has 25 heavy (non-hydrogen) atoms. The van der Waals surface area contributed by atoms with Crippen LogP contribution >= 0.6 is 66.7 Å². The van der Waals surface area contributed by atoms with Crippen LogP contribution in [-0.2, 0) is 6.42 Å². The number of nitro groups is 1. The second-order valence-electron chi connectivity index (χ2n) is 4.69. The lowest BCUT2D eigenvalue weighted by Crippen LogP contribution is -1.99. The van der Waals surface area contributed by atoms with Crippen molar-refractivity contribution in [3.05, 3.63) is 74.4 Å². The highest BCUT2D eigenvalue weighted by Crippen LogP contribution is 2.45. The van der Waals surface area contributed by atoms with Crippen LogP contribution in [0.15, 0.2) is 21.1 Å². The number of nitrogens with zero attached hydrogens (tertiary/aromatic N) is 3. The average molecular weight is 524 g/mol. The first-order chi connectivity index (χ1) is 11.7. The fourth-order valence-electron chi connectivity index (χ4n) is 2.11. The Morgan fingerprint density at radius 1 is 1.16 bits per heavy atom. The van der Waals surface area contributed by atoms with Crippen molar-refractivity contribution < 1.29 is 4.92 Å². The topological polar surface area (TPSA) is 71.3 Å². The Balaban J connectivity index is 2.69. The van der Waals surface area contributed by atoms with Gasteiger partial charge in [0.05, 0.1) is 38.2 Å². The highest BCUT2D eigenvalue weighted by atomic mass is 79.9. The first-order valence-corrected chi connectivity index (χ1v) is 9.04. The quantitative estimate of drug-likeness (QED) is 0.186. The van der Waals surface area contributed by atoms with Crippen LogP contribution in [0.5, 0.6) is 0 Å². The molecule has 0 N–H and O–H groups in total. The molecule has 0 unspecified atom stereocenters. The molecule has 0 spiro atoms. The summed E-state index contributed by atoms with van der Waals surface area (Å²) >= 11 is 25.0. The summed E-state index contributed by atoms with van der Waals surface area (Å²) in [6, 6.07) is 4.63. The van der Waals surface area contributed by atoms with Crippen LogP contribution in [0.1, 0.15) is 16.7 Å². The highest BCUT2D eigenvalue weighted by Gasteiger charge is 2.23. The van der Waals surface area contributed by atoms with Gasteiger partial charge >= 0.3 is 0 Å². The van der Waals surface area contributed by atoms with Crippen LogP contribution in [-0.4, -0.2) is 4.92 Å². The summed E-state index contributed by atoms with van der Waals surface area (Å²) in [7, 11) is 0. The number of hydrogen-bond acceptors (Lipinski definition) is 3. The van der Waals surface area contributed by atoms with Crippen LogP contribution in [0.4, 0.5) is 11.4 Å². The summed E-state index contributed by atoms with van der Waals surface area (Å²) < 4.78 is 0.907. The van der Waals surface area contributed by atoms with E-state index in [1.165, 1.54) is 12.1 Å². The third-order valence-corrected chi connectivity index (χ3v) is 5.97. The first-order valence-electron chi connectivity index (χ1n) is 6.32. The molecular formula is C15H4Br2Cl3N3O2. The Bertz CT molecular complexity index is 974. The van der Waals surface area contributed by atoms with Crippen molar-refractivity contribution >= 4 is 78.0 Å². The Kier molecular flexibility index (Phi) is 6.31. The molecule has 2 rings (SSSR count). The average Bonchev–Trinajstić information content (AvgIpc) is 2.55. The van der Waals surface area contributed by atoms with Gasteiger partial charge in [-0.05, 0) is 11.1 Å². The van der Waals surface area contributed by atoms with Gasteiger partial charge in [0.15, 0.2) is 0 Å². The summed E-state index contributed by atoms with van der Waals surface area (Å²) in [4.78, 5) is 13.6. The molecule has 0 amide bonds. The molecule has 2 aromatic rings. The molecule has 0 aromatic heterocycles. The lowest BCUT2D eigenvalue weighted by Gasteiger charge is -2.14. The van der Waals surface area contributed by atoms with Gasteiger partial charge < -0.3 is 0 Å². The zero-order valence-corrected chi connectivity index (χ0v) is 17.3. The maximum absolute atomic E-state index is 10.9. The standard InChI is InChI=1S/C15H4Br2Cl3N3O2/c1-22-15-13(19)9(5-21)7(12(18)14(15)20)4-8-10(16)2-6(23(24)25)3-11(8)17/h2-3H,4H2. The Morgan fingerprint density at radius 2 is 1.72 bits per heavy atom. The summed E-state index contributed by atoms with van der Waals surface area (Å²) in [5, 5.41) is 20.3. The first kappa shape index (κ1) is 20.0. The minimum Gasteiger partial charge on any atom is -0.258 e. The normalized spacial score (nSPS) is 10.2. The predicted molar refractivity (Wildman–Crippen MR) is 104 cm³/mol. The van der Waals surface area contributed by atoms with Crippen molar-refractivity contribution in [3.8, 4) is 6.07 Å². The Morgan fingerprint density at radius 3 is 2.16 bits per heavy atom.